The molecule has 0 aliphatic rings. The quantitative estimate of drug-likeness (QED) is 0.470. The van der Waals surface area contributed by atoms with Crippen molar-refractivity contribution in [2.75, 3.05) is 0 Å². The summed E-state index contributed by atoms with van der Waals surface area (Å²) in [5.41, 5.74) is 9.64. The van der Waals surface area contributed by atoms with Crippen LogP contribution < -0.4 is 0 Å². The molecule has 0 saturated carbocycles. The van der Waals surface area contributed by atoms with Gasteiger partial charge in [-0.05, 0) is 17.2 Å². The van der Waals surface area contributed by atoms with Crippen LogP contribution in [0.3, 0.4) is 0 Å². The standard InChI is InChI=1S/C10H8F3N5/c11-10(12,13)5-18-6-15-9-7(4-16-17-14)2-1-3-8(9)18/h1-3,6H,4-5H2. The smallest absolute Gasteiger partial charge is 0.321 e. The second-order valence-electron chi connectivity index (χ2n) is 3.66. The van der Waals surface area contributed by atoms with Gasteiger partial charge in [0.15, 0.2) is 0 Å². The maximum absolute atomic E-state index is 12.3. The minimum Gasteiger partial charge on any atom is -0.321 e. The molecule has 0 aliphatic carbocycles. The molecule has 94 valence electrons. The summed E-state index contributed by atoms with van der Waals surface area (Å²) in [6, 6.07) is 4.83. The Morgan fingerprint density at radius 2 is 2.17 bits per heavy atom. The van der Waals surface area contributed by atoms with Crippen molar-refractivity contribution in [3.8, 4) is 0 Å². The molecule has 0 saturated heterocycles. The summed E-state index contributed by atoms with van der Waals surface area (Å²) in [5.74, 6) is 0. The monoisotopic (exact) mass is 255 g/mol. The van der Waals surface area contributed by atoms with E-state index in [1.807, 2.05) is 0 Å². The first-order valence-corrected chi connectivity index (χ1v) is 5.01. The molecule has 5 nitrogen and oxygen atoms in total. The van der Waals surface area contributed by atoms with Crippen LogP contribution in [0, 0.1) is 0 Å². The second kappa shape index (κ2) is 4.58. The Morgan fingerprint density at radius 1 is 1.39 bits per heavy atom. The average molecular weight is 255 g/mol. The normalized spacial score (nSPS) is 11.5. The molecule has 8 heteroatoms. The molecular formula is C10H8F3N5. The van der Waals surface area contributed by atoms with Crippen LogP contribution in [0.2, 0.25) is 0 Å². The van der Waals surface area contributed by atoms with Gasteiger partial charge in [-0.15, -0.1) is 0 Å². The third-order valence-electron chi connectivity index (χ3n) is 2.39. The Balaban J connectivity index is 2.44. The van der Waals surface area contributed by atoms with Crippen molar-refractivity contribution < 1.29 is 13.2 Å². The van der Waals surface area contributed by atoms with Crippen LogP contribution in [0.25, 0.3) is 21.5 Å². The fourth-order valence-corrected chi connectivity index (χ4v) is 1.70. The van der Waals surface area contributed by atoms with E-state index in [1.165, 1.54) is 0 Å². The van der Waals surface area contributed by atoms with E-state index in [1.54, 1.807) is 18.2 Å². The van der Waals surface area contributed by atoms with Crippen molar-refractivity contribution in [3.63, 3.8) is 0 Å². The van der Waals surface area contributed by atoms with Gasteiger partial charge in [-0.25, -0.2) is 4.98 Å². The lowest BCUT2D eigenvalue weighted by Gasteiger charge is -2.08. The number of hydrogen-bond donors (Lipinski definition) is 0. The molecule has 2 rings (SSSR count). The van der Waals surface area contributed by atoms with Crippen molar-refractivity contribution >= 4 is 11.0 Å². The van der Waals surface area contributed by atoms with Crippen LogP contribution in [-0.4, -0.2) is 15.7 Å². The van der Waals surface area contributed by atoms with E-state index in [9.17, 15) is 13.2 Å². The molecule has 0 radical (unpaired) electrons. The second-order valence-corrected chi connectivity index (χ2v) is 3.66. The number of alkyl halides is 3. The molecule has 0 atom stereocenters. The summed E-state index contributed by atoms with van der Waals surface area (Å²) >= 11 is 0. The van der Waals surface area contributed by atoms with Gasteiger partial charge in [-0.1, -0.05) is 17.2 Å². The van der Waals surface area contributed by atoms with Crippen molar-refractivity contribution in [3.05, 3.63) is 40.5 Å². The number of aromatic nitrogens is 2. The van der Waals surface area contributed by atoms with Crippen LogP contribution in [0.1, 0.15) is 5.56 Å². The molecule has 1 aromatic carbocycles. The maximum atomic E-state index is 12.3. The summed E-state index contributed by atoms with van der Waals surface area (Å²) in [6.45, 7) is -1.02. The molecule has 18 heavy (non-hydrogen) atoms. The van der Waals surface area contributed by atoms with Crippen molar-refractivity contribution in [2.45, 2.75) is 19.3 Å². The number of para-hydroxylation sites is 1. The lowest BCUT2D eigenvalue weighted by atomic mass is 10.2. The number of rotatable bonds is 3. The highest BCUT2D eigenvalue weighted by Gasteiger charge is 2.28. The number of imidazole rings is 1. The Bertz CT molecular complexity index is 609. The van der Waals surface area contributed by atoms with E-state index in [0.29, 0.717) is 16.6 Å². The zero-order valence-corrected chi connectivity index (χ0v) is 9.09. The lowest BCUT2D eigenvalue weighted by Crippen LogP contribution is -2.16. The third kappa shape index (κ3) is 2.54. The molecular weight excluding hydrogens is 247 g/mol. The summed E-state index contributed by atoms with van der Waals surface area (Å²) in [7, 11) is 0. The van der Waals surface area contributed by atoms with E-state index in [2.05, 4.69) is 15.0 Å². The van der Waals surface area contributed by atoms with Gasteiger partial charge in [-0.2, -0.15) is 13.2 Å². The molecule has 0 fully saturated rings. The van der Waals surface area contributed by atoms with Gasteiger partial charge < -0.3 is 4.57 Å². The molecule has 0 spiro atoms. The van der Waals surface area contributed by atoms with E-state index in [-0.39, 0.29) is 6.54 Å². The van der Waals surface area contributed by atoms with Crippen LogP contribution in [-0.2, 0) is 13.1 Å². The molecule has 0 N–H and O–H groups in total. The summed E-state index contributed by atoms with van der Waals surface area (Å²) in [4.78, 5) is 6.55. The van der Waals surface area contributed by atoms with Crippen molar-refractivity contribution in [2.24, 2.45) is 5.11 Å². The van der Waals surface area contributed by atoms with Crippen LogP contribution in [0.4, 0.5) is 13.2 Å². The number of fused-ring (bicyclic) bond motifs is 1. The summed E-state index contributed by atoms with van der Waals surface area (Å²) in [6.07, 6.45) is -3.16. The summed E-state index contributed by atoms with van der Waals surface area (Å²) < 4.78 is 38.0. The minimum absolute atomic E-state index is 0.0663. The topological polar surface area (TPSA) is 66.6 Å². The Morgan fingerprint density at radius 3 is 2.83 bits per heavy atom. The van der Waals surface area contributed by atoms with E-state index >= 15 is 0 Å². The minimum atomic E-state index is -4.30. The Kier molecular flexibility index (Phi) is 3.12. The summed E-state index contributed by atoms with van der Waals surface area (Å²) in [5, 5.41) is 3.39. The fraction of sp³-hybridized carbons (Fsp3) is 0.300. The number of benzene rings is 1. The van der Waals surface area contributed by atoms with Gasteiger partial charge in [0.2, 0.25) is 0 Å². The highest BCUT2D eigenvalue weighted by Crippen LogP contribution is 2.23. The molecule has 1 aromatic heterocycles. The SMILES string of the molecule is [N-]=[N+]=NCc1cccc2c1ncn2CC(F)(F)F. The van der Waals surface area contributed by atoms with Crippen molar-refractivity contribution in [1.82, 2.24) is 9.55 Å². The Hall–Kier alpha value is -2.21. The number of hydrogen-bond acceptors (Lipinski definition) is 2. The van der Waals surface area contributed by atoms with Gasteiger partial charge in [0.1, 0.15) is 6.54 Å². The van der Waals surface area contributed by atoms with E-state index in [4.69, 9.17) is 5.53 Å². The first kappa shape index (κ1) is 12.3. The van der Waals surface area contributed by atoms with Gasteiger partial charge in [0.05, 0.1) is 23.9 Å². The van der Waals surface area contributed by atoms with Crippen LogP contribution in [0.5, 0.6) is 0 Å². The molecule has 0 amide bonds. The molecule has 0 bridgehead atoms. The maximum Gasteiger partial charge on any atom is 0.406 e. The number of halogens is 3. The third-order valence-corrected chi connectivity index (χ3v) is 2.39. The first-order chi connectivity index (χ1) is 8.51. The highest BCUT2D eigenvalue weighted by molar-refractivity contribution is 5.79. The van der Waals surface area contributed by atoms with Gasteiger partial charge in [-0.3, -0.25) is 0 Å². The zero-order valence-electron chi connectivity index (χ0n) is 9.09. The zero-order chi connectivity index (χ0) is 13.2. The van der Waals surface area contributed by atoms with Gasteiger partial charge in [0.25, 0.3) is 0 Å². The van der Waals surface area contributed by atoms with Crippen LogP contribution in [0.15, 0.2) is 29.6 Å². The molecule has 2 aromatic rings. The number of azide groups is 1. The molecule has 0 unspecified atom stereocenters. The van der Waals surface area contributed by atoms with E-state index < -0.39 is 12.7 Å². The largest absolute Gasteiger partial charge is 0.406 e. The van der Waals surface area contributed by atoms with Gasteiger partial charge >= 0.3 is 6.18 Å². The fourth-order valence-electron chi connectivity index (χ4n) is 1.70. The van der Waals surface area contributed by atoms with Crippen LogP contribution >= 0.6 is 0 Å². The predicted octanol–water partition coefficient (Wildman–Crippen LogP) is 3.41. The average Bonchev–Trinajstić information content (AvgIpc) is 2.68. The highest BCUT2D eigenvalue weighted by atomic mass is 19.4. The first-order valence-electron chi connectivity index (χ1n) is 5.01. The predicted molar refractivity (Wildman–Crippen MR) is 58.6 cm³/mol. The van der Waals surface area contributed by atoms with Gasteiger partial charge in [0, 0.05) is 4.91 Å². The lowest BCUT2D eigenvalue weighted by molar-refractivity contribution is -0.139. The Labute approximate surface area is 99.5 Å². The molecule has 1 heterocycles. The van der Waals surface area contributed by atoms with Crippen molar-refractivity contribution in [1.29, 1.82) is 0 Å². The van der Waals surface area contributed by atoms with E-state index in [0.717, 1.165) is 10.9 Å². The number of nitrogens with zero attached hydrogens (tertiary/aromatic N) is 5. The molecule has 0 aliphatic heterocycles.